The summed E-state index contributed by atoms with van der Waals surface area (Å²) in [7, 11) is 4.80. The standard InChI is InChI=1S/C31H35NO6/c1-34-26-16-24(17-27(18-26)35-2)31(33)32(20-25-9-6-12-37-25)19-21-10-11-29(30(13-21)36-3)38-28-14-22-7-4-5-8-23(22)15-28/h4-5,7-8,10-11,13,16-18,25,28H,6,9,12,14-15,19-20H2,1-3H3. The van der Waals surface area contributed by atoms with Gasteiger partial charge in [-0.05, 0) is 53.8 Å². The van der Waals surface area contributed by atoms with Crippen LogP contribution in [0.2, 0.25) is 0 Å². The van der Waals surface area contributed by atoms with Crippen molar-refractivity contribution in [1.82, 2.24) is 4.90 Å². The van der Waals surface area contributed by atoms with Gasteiger partial charge in [-0.2, -0.15) is 0 Å². The Kier molecular flexibility index (Phi) is 8.03. The zero-order chi connectivity index (χ0) is 26.5. The summed E-state index contributed by atoms with van der Waals surface area (Å²) in [5.74, 6) is 2.40. The van der Waals surface area contributed by atoms with Gasteiger partial charge in [-0.3, -0.25) is 4.79 Å². The van der Waals surface area contributed by atoms with Crippen LogP contribution in [-0.2, 0) is 24.1 Å². The van der Waals surface area contributed by atoms with Gasteiger partial charge >= 0.3 is 0 Å². The maximum Gasteiger partial charge on any atom is 0.254 e. The van der Waals surface area contributed by atoms with Crippen molar-refractivity contribution in [1.29, 1.82) is 0 Å². The summed E-state index contributed by atoms with van der Waals surface area (Å²) in [6.45, 7) is 1.63. The van der Waals surface area contributed by atoms with E-state index in [0.717, 1.165) is 37.9 Å². The number of carbonyl (C=O) groups is 1. The van der Waals surface area contributed by atoms with Crippen LogP contribution in [0, 0.1) is 0 Å². The molecule has 1 amide bonds. The van der Waals surface area contributed by atoms with Crippen LogP contribution >= 0.6 is 0 Å². The molecule has 5 rings (SSSR count). The average Bonchev–Trinajstić information content (AvgIpc) is 3.62. The van der Waals surface area contributed by atoms with E-state index in [1.54, 1.807) is 39.5 Å². The van der Waals surface area contributed by atoms with Gasteiger partial charge in [0, 0.05) is 44.2 Å². The summed E-state index contributed by atoms with van der Waals surface area (Å²) in [4.78, 5) is 15.6. The first-order chi connectivity index (χ1) is 18.6. The van der Waals surface area contributed by atoms with Gasteiger partial charge in [0.1, 0.15) is 17.6 Å². The van der Waals surface area contributed by atoms with E-state index in [-0.39, 0.29) is 18.1 Å². The minimum Gasteiger partial charge on any atom is -0.497 e. The molecule has 0 aromatic heterocycles. The second kappa shape index (κ2) is 11.8. The van der Waals surface area contributed by atoms with Gasteiger partial charge in [0.05, 0.1) is 27.4 Å². The van der Waals surface area contributed by atoms with Crippen LogP contribution in [0.25, 0.3) is 0 Å². The predicted octanol–water partition coefficient (Wildman–Crippen LogP) is 5.08. The number of fused-ring (bicyclic) bond motifs is 1. The van der Waals surface area contributed by atoms with Crippen LogP contribution in [0.3, 0.4) is 0 Å². The van der Waals surface area contributed by atoms with Gasteiger partial charge in [-0.1, -0.05) is 30.3 Å². The highest BCUT2D eigenvalue weighted by atomic mass is 16.5. The number of methoxy groups -OCH3 is 3. The van der Waals surface area contributed by atoms with Crippen molar-refractivity contribution in [3.63, 3.8) is 0 Å². The van der Waals surface area contributed by atoms with Gasteiger partial charge in [0.2, 0.25) is 0 Å². The van der Waals surface area contributed by atoms with Crippen molar-refractivity contribution in [3.8, 4) is 23.0 Å². The molecule has 3 aromatic carbocycles. The molecule has 38 heavy (non-hydrogen) atoms. The average molecular weight is 518 g/mol. The molecule has 1 heterocycles. The van der Waals surface area contributed by atoms with Crippen molar-refractivity contribution in [3.05, 3.63) is 82.9 Å². The summed E-state index contributed by atoms with van der Waals surface area (Å²) < 4.78 is 28.7. The molecule has 1 fully saturated rings. The first-order valence-corrected chi connectivity index (χ1v) is 13.1. The lowest BCUT2D eigenvalue weighted by Crippen LogP contribution is -2.37. The van der Waals surface area contributed by atoms with Crippen molar-refractivity contribution in [2.24, 2.45) is 0 Å². The molecule has 1 atom stereocenters. The normalized spacial score (nSPS) is 16.7. The molecule has 1 aliphatic heterocycles. The Morgan fingerprint density at radius 1 is 0.895 bits per heavy atom. The molecule has 0 spiro atoms. The lowest BCUT2D eigenvalue weighted by molar-refractivity contribution is 0.0506. The minimum absolute atomic E-state index is 0.0138. The molecule has 0 saturated carbocycles. The van der Waals surface area contributed by atoms with Crippen LogP contribution in [0.1, 0.15) is 39.9 Å². The highest BCUT2D eigenvalue weighted by Gasteiger charge is 2.26. The number of amides is 1. The summed E-state index contributed by atoms with van der Waals surface area (Å²) >= 11 is 0. The fourth-order valence-electron chi connectivity index (χ4n) is 5.28. The third-order valence-electron chi connectivity index (χ3n) is 7.24. The molecule has 3 aromatic rings. The van der Waals surface area contributed by atoms with Gasteiger partial charge in [0.15, 0.2) is 11.5 Å². The molecular weight excluding hydrogens is 482 g/mol. The van der Waals surface area contributed by atoms with E-state index in [1.807, 2.05) is 23.1 Å². The SMILES string of the molecule is COc1cc(OC)cc(C(=O)N(Cc2ccc(OC3Cc4ccccc4C3)c(OC)c2)CC2CCCO2)c1. The smallest absolute Gasteiger partial charge is 0.254 e. The van der Waals surface area contributed by atoms with E-state index in [9.17, 15) is 4.79 Å². The Morgan fingerprint density at radius 3 is 2.21 bits per heavy atom. The summed E-state index contributed by atoms with van der Waals surface area (Å²) in [5.41, 5.74) is 4.13. The van der Waals surface area contributed by atoms with E-state index >= 15 is 0 Å². The quantitative estimate of drug-likeness (QED) is 0.374. The van der Waals surface area contributed by atoms with Crippen LogP contribution in [0.4, 0.5) is 0 Å². The maximum absolute atomic E-state index is 13.7. The second-order valence-corrected chi connectivity index (χ2v) is 9.82. The van der Waals surface area contributed by atoms with Crippen molar-refractivity contribution >= 4 is 5.91 Å². The Morgan fingerprint density at radius 2 is 1.61 bits per heavy atom. The Labute approximate surface area is 224 Å². The van der Waals surface area contributed by atoms with Gasteiger partial charge < -0.3 is 28.6 Å². The molecule has 0 radical (unpaired) electrons. The Hall–Kier alpha value is -3.71. The second-order valence-electron chi connectivity index (χ2n) is 9.82. The van der Waals surface area contributed by atoms with Crippen LogP contribution in [0.15, 0.2) is 60.7 Å². The fourth-order valence-corrected chi connectivity index (χ4v) is 5.28. The minimum atomic E-state index is -0.110. The zero-order valence-electron chi connectivity index (χ0n) is 22.3. The monoisotopic (exact) mass is 517 g/mol. The fraction of sp³-hybridized carbons (Fsp3) is 0.387. The number of carbonyl (C=O) groups excluding carboxylic acids is 1. The van der Waals surface area contributed by atoms with E-state index in [1.165, 1.54) is 11.1 Å². The topological polar surface area (TPSA) is 66.5 Å². The number of nitrogens with zero attached hydrogens (tertiary/aromatic N) is 1. The third kappa shape index (κ3) is 5.89. The van der Waals surface area contributed by atoms with Crippen LogP contribution in [0.5, 0.6) is 23.0 Å². The summed E-state index contributed by atoms with van der Waals surface area (Å²) in [6.07, 6.45) is 3.80. The van der Waals surface area contributed by atoms with E-state index < -0.39 is 0 Å². The summed E-state index contributed by atoms with van der Waals surface area (Å²) in [6, 6.07) is 19.6. The highest BCUT2D eigenvalue weighted by molar-refractivity contribution is 5.95. The first-order valence-electron chi connectivity index (χ1n) is 13.1. The number of hydrogen-bond acceptors (Lipinski definition) is 6. The zero-order valence-corrected chi connectivity index (χ0v) is 22.3. The Bertz CT molecular complexity index is 1220. The number of hydrogen-bond donors (Lipinski definition) is 0. The van der Waals surface area contributed by atoms with E-state index in [4.69, 9.17) is 23.7 Å². The third-order valence-corrected chi connectivity index (χ3v) is 7.24. The molecule has 7 heteroatoms. The van der Waals surface area contributed by atoms with Crippen molar-refractivity contribution in [2.75, 3.05) is 34.5 Å². The van der Waals surface area contributed by atoms with Crippen molar-refractivity contribution in [2.45, 2.75) is 44.4 Å². The van der Waals surface area contributed by atoms with E-state index in [0.29, 0.717) is 41.7 Å². The van der Waals surface area contributed by atoms with Gasteiger partial charge in [-0.25, -0.2) is 0 Å². The predicted molar refractivity (Wildman–Crippen MR) is 145 cm³/mol. The first kappa shape index (κ1) is 25.9. The molecule has 1 saturated heterocycles. The molecule has 2 aliphatic rings. The molecule has 1 aliphatic carbocycles. The largest absolute Gasteiger partial charge is 0.497 e. The van der Waals surface area contributed by atoms with Crippen LogP contribution < -0.4 is 18.9 Å². The van der Waals surface area contributed by atoms with Gasteiger partial charge in [0.25, 0.3) is 5.91 Å². The van der Waals surface area contributed by atoms with E-state index in [2.05, 4.69) is 24.3 Å². The number of benzene rings is 3. The molecule has 7 nitrogen and oxygen atoms in total. The van der Waals surface area contributed by atoms with Crippen LogP contribution in [-0.4, -0.2) is 57.5 Å². The summed E-state index contributed by atoms with van der Waals surface area (Å²) in [5, 5.41) is 0. The Balaban J connectivity index is 1.35. The lowest BCUT2D eigenvalue weighted by Gasteiger charge is -2.26. The lowest BCUT2D eigenvalue weighted by atomic mass is 10.1. The number of rotatable bonds is 10. The number of ether oxygens (including phenoxy) is 5. The maximum atomic E-state index is 13.7. The molecule has 0 N–H and O–H groups in total. The molecule has 200 valence electrons. The molecule has 0 bridgehead atoms. The highest BCUT2D eigenvalue weighted by Crippen LogP contribution is 2.33. The van der Waals surface area contributed by atoms with Crippen molar-refractivity contribution < 1.29 is 28.5 Å². The van der Waals surface area contributed by atoms with Gasteiger partial charge in [-0.15, -0.1) is 0 Å². The molecule has 1 unspecified atom stereocenters. The molecular formula is C31H35NO6.